The largest absolute Gasteiger partial charge is 0.378 e. The van der Waals surface area contributed by atoms with Gasteiger partial charge in [-0.1, -0.05) is 6.92 Å². The Morgan fingerprint density at radius 1 is 1.32 bits per heavy atom. The van der Waals surface area contributed by atoms with Gasteiger partial charge in [0.15, 0.2) is 9.84 Å². The van der Waals surface area contributed by atoms with Gasteiger partial charge in [0, 0.05) is 31.5 Å². The minimum absolute atomic E-state index is 0.00161. The van der Waals surface area contributed by atoms with Gasteiger partial charge in [-0.15, -0.1) is 0 Å². The summed E-state index contributed by atoms with van der Waals surface area (Å²) in [5.74, 6) is 0.672. The van der Waals surface area contributed by atoms with Crippen molar-refractivity contribution in [3.05, 3.63) is 0 Å². The first-order chi connectivity index (χ1) is 10.4. The lowest BCUT2D eigenvalue weighted by atomic mass is 9.90. The number of amides is 2. The van der Waals surface area contributed by atoms with Crippen molar-refractivity contribution in [2.75, 3.05) is 31.2 Å². The molecule has 0 aromatic carbocycles. The van der Waals surface area contributed by atoms with Gasteiger partial charge in [0.25, 0.3) is 0 Å². The molecule has 2 fully saturated rings. The van der Waals surface area contributed by atoms with Gasteiger partial charge in [0.1, 0.15) is 0 Å². The highest BCUT2D eigenvalue weighted by molar-refractivity contribution is 7.91. The van der Waals surface area contributed by atoms with Crippen LogP contribution in [0.2, 0.25) is 0 Å². The van der Waals surface area contributed by atoms with Crippen LogP contribution in [0.5, 0.6) is 0 Å². The standard InChI is InChI=1S/C15H28N2O4S/c1-3-22(19,20)11-12(2)16-15(18)17-8-6-13(7-9-17)14-5-4-10-21-14/h12-14H,3-11H2,1-2H3,(H,16,18)/t12-,14+/m1/s1. The molecule has 0 aromatic heterocycles. The first-order valence-corrected chi connectivity index (χ1v) is 10.1. The first-order valence-electron chi connectivity index (χ1n) is 8.28. The van der Waals surface area contributed by atoms with Gasteiger partial charge in [-0.2, -0.15) is 0 Å². The van der Waals surface area contributed by atoms with E-state index >= 15 is 0 Å². The van der Waals surface area contributed by atoms with Crippen molar-refractivity contribution in [3.63, 3.8) is 0 Å². The molecule has 2 aliphatic heterocycles. The molecule has 2 saturated heterocycles. The smallest absolute Gasteiger partial charge is 0.317 e. The number of carbonyl (C=O) groups excluding carboxylic acids is 1. The predicted molar refractivity (Wildman–Crippen MR) is 85.6 cm³/mol. The van der Waals surface area contributed by atoms with E-state index in [9.17, 15) is 13.2 Å². The summed E-state index contributed by atoms with van der Waals surface area (Å²) in [6.45, 7) is 5.69. The monoisotopic (exact) mass is 332 g/mol. The lowest BCUT2D eigenvalue weighted by Crippen LogP contribution is -2.49. The van der Waals surface area contributed by atoms with Crippen LogP contribution in [-0.2, 0) is 14.6 Å². The molecule has 2 atom stereocenters. The van der Waals surface area contributed by atoms with Crippen LogP contribution in [-0.4, -0.2) is 62.7 Å². The quantitative estimate of drug-likeness (QED) is 0.826. The van der Waals surface area contributed by atoms with E-state index in [1.165, 1.54) is 0 Å². The summed E-state index contributed by atoms with van der Waals surface area (Å²) in [4.78, 5) is 14.0. The number of ether oxygens (including phenoxy) is 1. The molecule has 0 aliphatic carbocycles. The zero-order valence-corrected chi connectivity index (χ0v) is 14.4. The second-order valence-corrected chi connectivity index (χ2v) is 8.82. The Morgan fingerprint density at radius 2 is 2.00 bits per heavy atom. The van der Waals surface area contributed by atoms with Crippen molar-refractivity contribution in [3.8, 4) is 0 Å². The van der Waals surface area contributed by atoms with Gasteiger partial charge in [0.2, 0.25) is 0 Å². The summed E-state index contributed by atoms with van der Waals surface area (Å²) < 4.78 is 28.9. The number of hydrogen-bond acceptors (Lipinski definition) is 4. The molecule has 2 heterocycles. The number of nitrogens with one attached hydrogen (secondary N) is 1. The lowest BCUT2D eigenvalue weighted by molar-refractivity contribution is 0.0371. The molecule has 0 spiro atoms. The maximum absolute atomic E-state index is 12.2. The average molecular weight is 332 g/mol. The third-order valence-corrected chi connectivity index (χ3v) is 6.52. The van der Waals surface area contributed by atoms with Crippen LogP contribution in [0.15, 0.2) is 0 Å². The Morgan fingerprint density at radius 3 is 2.55 bits per heavy atom. The number of piperidine rings is 1. The van der Waals surface area contributed by atoms with Gasteiger partial charge >= 0.3 is 6.03 Å². The van der Waals surface area contributed by atoms with Crippen LogP contribution in [0.4, 0.5) is 4.79 Å². The Balaban J connectivity index is 1.75. The van der Waals surface area contributed by atoms with Crippen molar-refractivity contribution in [1.29, 1.82) is 0 Å². The third kappa shape index (κ3) is 4.84. The molecule has 0 aromatic rings. The average Bonchev–Trinajstić information content (AvgIpc) is 3.01. The van der Waals surface area contributed by atoms with Gasteiger partial charge in [-0.05, 0) is 38.5 Å². The van der Waals surface area contributed by atoms with Crippen molar-refractivity contribution in [2.24, 2.45) is 5.92 Å². The van der Waals surface area contributed by atoms with Crippen molar-refractivity contribution >= 4 is 15.9 Å². The molecule has 0 saturated carbocycles. The van der Waals surface area contributed by atoms with E-state index in [-0.39, 0.29) is 23.6 Å². The van der Waals surface area contributed by atoms with Crippen LogP contribution >= 0.6 is 0 Å². The van der Waals surface area contributed by atoms with E-state index in [1.807, 2.05) is 0 Å². The topological polar surface area (TPSA) is 75.7 Å². The zero-order valence-electron chi connectivity index (χ0n) is 13.6. The molecule has 0 radical (unpaired) electrons. The molecular formula is C15H28N2O4S. The number of nitrogens with zero attached hydrogens (tertiary/aromatic N) is 1. The lowest BCUT2D eigenvalue weighted by Gasteiger charge is -2.35. The van der Waals surface area contributed by atoms with Crippen LogP contribution in [0.25, 0.3) is 0 Å². The first kappa shape index (κ1) is 17.5. The molecule has 6 nitrogen and oxygen atoms in total. The second-order valence-electron chi connectivity index (χ2n) is 6.43. The summed E-state index contributed by atoms with van der Waals surface area (Å²) in [6.07, 6.45) is 4.61. The van der Waals surface area contributed by atoms with Gasteiger partial charge in [-0.3, -0.25) is 0 Å². The summed E-state index contributed by atoms with van der Waals surface area (Å²) >= 11 is 0. The highest BCUT2D eigenvalue weighted by Gasteiger charge is 2.31. The summed E-state index contributed by atoms with van der Waals surface area (Å²) in [5.41, 5.74) is 0. The van der Waals surface area contributed by atoms with E-state index in [0.29, 0.717) is 12.0 Å². The zero-order chi connectivity index (χ0) is 16.2. The van der Waals surface area contributed by atoms with Crippen molar-refractivity contribution in [1.82, 2.24) is 10.2 Å². The molecule has 2 rings (SSSR count). The van der Waals surface area contributed by atoms with Crippen LogP contribution in [0.1, 0.15) is 39.5 Å². The fourth-order valence-corrected chi connectivity index (χ4v) is 4.37. The van der Waals surface area contributed by atoms with Gasteiger partial charge in [-0.25, -0.2) is 13.2 Å². The summed E-state index contributed by atoms with van der Waals surface area (Å²) in [7, 11) is -3.06. The normalized spacial score (nSPS) is 25.2. The van der Waals surface area contributed by atoms with E-state index < -0.39 is 9.84 Å². The third-order valence-electron chi connectivity index (χ3n) is 4.63. The SMILES string of the molecule is CCS(=O)(=O)C[C@@H](C)NC(=O)N1CCC([C@@H]2CCCO2)CC1. The fourth-order valence-electron chi connectivity index (χ4n) is 3.29. The van der Waals surface area contributed by atoms with E-state index in [0.717, 1.165) is 45.4 Å². The van der Waals surface area contributed by atoms with Crippen LogP contribution in [0, 0.1) is 5.92 Å². The molecule has 0 bridgehead atoms. The van der Waals surface area contributed by atoms with E-state index in [1.54, 1.807) is 18.7 Å². The summed E-state index contributed by atoms with van der Waals surface area (Å²) in [6, 6.07) is -0.502. The fraction of sp³-hybridized carbons (Fsp3) is 0.933. The van der Waals surface area contributed by atoms with E-state index in [2.05, 4.69) is 5.32 Å². The molecule has 22 heavy (non-hydrogen) atoms. The molecule has 7 heteroatoms. The number of likely N-dealkylation sites (tertiary alicyclic amines) is 1. The van der Waals surface area contributed by atoms with Gasteiger partial charge < -0.3 is 15.0 Å². The number of sulfone groups is 1. The van der Waals surface area contributed by atoms with Crippen LogP contribution < -0.4 is 5.32 Å². The summed E-state index contributed by atoms with van der Waals surface area (Å²) in [5, 5.41) is 2.80. The maximum Gasteiger partial charge on any atom is 0.317 e. The molecule has 2 aliphatic rings. The number of carbonyl (C=O) groups is 1. The Bertz CT molecular complexity index is 466. The predicted octanol–water partition coefficient (Wildman–Crippen LogP) is 1.41. The van der Waals surface area contributed by atoms with Crippen molar-refractivity contribution < 1.29 is 17.9 Å². The highest BCUT2D eigenvalue weighted by Crippen LogP contribution is 2.28. The Kier molecular flexibility index (Phi) is 6.09. The Hall–Kier alpha value is -0.820. The molecule has 2 amide bonds. The van der Waals surface area contributed by atoms with Crippen molar-refractivity contribution in [2.45, 2.75) is 51.7 Å². The van der Waals surface area contributed by atoms with Gasteiger partial charge in [0.05, 0.1) is 11.9 Å². The molecule has 0 unspecified atom stereocenters. The molecule has 1 N–H and O–H groups in total. The van der Waals surface area contributed by atoms with Crippen LogP contribution in [0.3, 0.4) is 0 Å². The maximum atomic E-state index is 12.2. The molecular weight excluding hydrogens is 304 g/mol. The minimum Gasteiger partial charge on any atom is -0.378 e. The number of hydrogen-bond donors (Lipinski definition) is 1. The second kappa shape index (κ2) is 7.64. The number of rotatable bonds is 5. The van der Waals surface area contributed by atoms with E-state index in [4.69, 9.17) is 4.74 Å². The number of urea groups is 1. The minimum atomic E-state index is -3.06. The molecule has 128 valence electrons. The Labute approximate surface area is 133 Å². The highest BCUT2D eigenvalue weighted by atomic mass is 32.2.